The first-order chi connectivity index (χ1) is 14.8. The lowest BCUT2D eigenvalue weighted by Crippen LogP contribution is -2.61. The summed E-state index contributed by atoms with van der Waals surface area (Å²) >= 11 is 1.29. The number of nitro groups is 1. The van der Waals surface area contributed by atoms with E-state index < -0.39 is 22.9 Å². The van der Waals surface area contributed by atoms with Gasteiger partial charge < -0.3 is 19.3 Å². The van der Waals surface area contributed by atoms with E-state index in [1.165, 1.54) is 40.9 Å². The summed E-state index contributed by atoms with van der Waals surface area (Å²) in [5, 5.41) is 21.4. The van der Waals surface area contributed by atoms with Gasteiger partial charge in [0.25, 0.3) is 5.69 Å². The molecule has 0 unspecified atom stereocenters. The molecular formula is C20H20N4O6S. The molecule has 4 rings (SSSR count). The van der Waals surface area contributed by atoms with Gasteiger partial charge >= 0.3 is 5.97 Å². The van der Waals surface area contributed by atoms with Crippen molar-refractivity contribution in [3.05, 3.63) is 62.9 Å². The lowest BCUT2D eigenvalue weighted by molar-refractivity contribution is -0.384. The Kier molecular flexibility index (Phi) is 5.54. The quantitative estimate of drug-likeness (QED) is 0.297. The van der Waals surface area contributed by atoms with Crippen molar-refractivity contribution < 1.29 is 24.4 Å². The molecule has 11 heteroatoms. The number of aryl methyl sites for hydroxylation is 1. The van der Waals surface area contributed by atoms with Crippen LogP contribution in [0.2, 0.25) is 0 Å². The second-order valence-electron chi connectivity index (χ2n) is 7.44. The number of ether oxygens (including phenoxy) is 1. The number of amides is 1. The van der Waals surface area contributed by atoms with E-state index >= 15 is 0 Å². The number of fused-ring (bicyclic) bond motifs is 1. The van der Waals surface area contributed by atoms with Crippen LogP contribution in [0.5, 0.6) is 0 Å². The van der Waals surface area contributed by atoms with E-state index in [2.05, 4.69) is 4.98 Å². The minimum atomic E-state index is -0.816. The number of benzene rings is 1. The van der Waals surface area contributed by atoms with E-state index in [-0.39, 0.29) is 29.9 Å². The summed E-state index contributed by atoms with van der Waals surface area (Å²) in [7, 11) is 1.83. The molecule has 2 aliphatic rings. The van der Waals surface area contributed by atoms with Gasteiger partial charge in [0.15, 0.2) is 5.16 Å². The van der Waals surface area contributed by atoms with Crippen molar-refractivity contribution in [2.24, 2.45) is 13.0 Å². The van der Waals surface area contributed by atoms with Crippen LogP contribution in [-0.4, -0.2) is 48.5 Å². The van der Waals surface area contributed by atoms with E-state index in [9.17, 15) is 24.8 Å². The summed E-state index contributed by atoms with van der Waals surface area (Å²) < 4.78 is 7.23. The van der Waals surface area contributed by atoms with E-state index in [0.29, 0.717) is 22.0 Å². The van der Waals surface area contributed by atoms with Gasteiger partial charge in [-0.1, -0.05) is 11.8 Å². The molecule has 162 valence electrons. The average molecular weight is 444 g/mol. The molecule has 1 fully saturated rings. The van der Waals surface area contributed by atoms with Crippen LogP contribution >= 0.6 is 11.8 Å². The van der Waals surface area contributed by atoms with Gasteiger partial charge in [-0.25, -0.2) is 9.78 Å². The Morgan fingerprint density at radius 1 is 1.42 bits per heavy atom. The minimum Gasteiger partial charge on any atom is -0.456 e. The van der Waals surface area contributed by atoms with Gasteiger partial charge in [0.05, 0.1) is 23.0 Å². The molecule has 1 amide bonds. The Morgan fingerprint density at radius 2 is 2.13 bits per heavy atom. The van der Waals surface area contributed by atoms with Crippen LogP contribution in [0, 0.1) is 16.0 Å². The molecule has 1 saturated heterocycles. The largest absolute Gasteiger partial charge is 0.456 e. The number of rotatable bonds is 7. The second-order valence-corrected chi connectivity index (χ2v) is 8.50. The zero-order valence-electron chi connectivity index (χ0n) is 16.8. The third-order valence-electron chi connectivity index (χ3n) is 5.39. The molecule has 0 aliphatic carbocycles. The topological polar surface area (TPSA) is 128 Å². The number of aliphatic hydroxyl groups excluding tert-OH is 1. The van der Waals surface area contributed by atoms with E-state index in [1.54, 1.807) is 23.9 Å². The van der Waals surface area contributed by atoms with E-state index in [1.807, 2.05) is 7.05 Å². The van der Waals surface area contributed by atoms with E-state index in [4.69, 9.17) is 4.74 Å². The Morgan fingerprint density at radius 3 is 2.71 bits per heavy atom. The minimum absolute atomic E-state index is 0.0551. The molecule has 3 heterocycles. The Labute approximate surface area is 181 Å². The fourth-order valence-electron chi connectivity index (χ4n) is 3.80. The van der Waals surface area contributed by atoms with Crippen LogP contribution in [0.15, 0.2) is 52.4 Å². The lowest BCUT2D eigenvalue weighted by Gasteiger charge is -2.44. The van der Waals surface area contributed by atoms with Crippen molar-refractivity contribution >= 4 is 29.3 Å². The molecule has 10 nitrogen and oxygen atoms in total. The number of aromatic nitrogens is 2. The van der Waals surface area contributed by atoms with Gasteiger partial charge in [0.2, 0.25) is 5.91 Å². The van der Waals surface area contributed by atoms with Crippen molar-refractivity contribution in [1.82, 2.24) is 14.5 Å². The summed E-state index contributed by atoms with van der Waals surface area (Å²) in [4.78, 5) is 42.2. The first-order valence-electron chi connectivity index (χ1n) is 9.58. The van der Waals surface area contributed by atoms with Crippen molar-refractivity contribution in [3.8, 4) is 0 Å². The number of imidazole rings is 1. The molecule has 1 aromatic heterocycles. The Hall–Kier alpha value is -3.18. The smallest absolute Gasteiger partial charge is 0.356 e. The molecule has 3 atom stereocenters. The number of hydrogen-bond donors (Lipinski definition) is 1. The van der Waals surface area contributed by atoms with Gasteiger partial charge in [-0.2, -0.15) is 0 Å². The molecule has 0 bridgehead atoms. The number of β-lactam (4-membered cyclic amide) rings is 1. The first kappa shape index (κ1) is 21.1. The first-order valence-corrected chi connectivity index (χ1v) is 10.4. The van der Waals surface area contributed by atoms with Gasteiger partial charge in [-0.3, -0.25) is 14.9 Å². The van der Waals surface area contributed by atoms with Gasteiger partial charge in [0.1, 0.15) is 12.3 Å². The highest BCUT2D eigenvalue weighted by Gasteiger charge is 2.57. The summed E-state index contributed by atoms with van der Waals surface area (Å²) in [6, 6.07) is 5.40. The number of thioether (sulfide) groups is 1. The Bertz CT molecular complexity index is 1080. The van der Waals surface area contributed by atoms with Gasteiger partial charge in [0, 0.05) is 42.9 Å². The van der Waals surface area contributed by atoms with Crippen LogP contribution in [0.4, 0.5) is 5.69 Å². The molecular weight excluding hydrogens is 424 g/mol. The molecule has 31 heavy (non-hydrogen) atoms. The highest BCUT2D eigenvalue weighted by Crippen LogP contribution is 2.48. The van der Waals surface area contributed by atoms with Crippen LogP contribution in [0.3, 0.4) is 0 Å². The number of nitrogens with zero attached hydrogens (tertiary/aromatic N) is 4. The lowest BCUT2D eigenvalue weighted by atomic mass is 9.83. The molecule has 0 spiro atoms. The monoisotopic (exact) mass is 444 g/mol. The summed E-state index contributed by atoms with van der Waals surface area (Å²) in [6.07, 6.45) is 3.04. The van der Waals surface area contributed by atoms with Crippen molar-refractivity contribution in [1.29, 1.82) is 0 Å². The maximum absolute atomic E-state index is 12.9. The van der Waals surface area contributed by atoms with Crippen molar-refractivity contribution in [3.63, 3.8) is 0 Å². The number of aliphatic hydroxyl groups is 1. The average Bonchev–Trinajstić information content (AvgIpc) is 3.27. The Balaban J connectivity index is 1.54. The van der Waals surface area contributed by atoms with Crippen LogP contribution in [0.1, 0.15) is 18.9 Å². The maximum atomic E-state index is 12.9. The summed E-state index contributed by atoms with van der Waals surface area (Å²) in [5.41, 5.74) is 0.700. The summed E-state index contributed by atoms with van der Waals surface area (Å²) in [6.45, 7) is 1.48. The molecule has 0 saturated carbocycles. The number of non-ortho nitro benzene ring substituents is 1. The predicted octanol–water partition coefficient (Wildman–Crippen LogP) is 1.99. The summed E-state index contributed by atoms with van der Waals surface area (Å²) in [5.74, 6) is -1.52. The third-order valence-corrected chi connectivity index (χ3v) is 6.57. The van der Waals surface area contributed by atoms with Gasteiger partial charge in [-0.15, -0.1) is 0 Å². The normalized spacial score (nSPS) is 21.0. The maximum Gasteiger partial charge on any atom is 0.356 e. The highest BCUT2D eigenvalue weighted by atomic mass is 32.2. The number of carbonyl (C=O) groups is 2. The standard InChI is InChI=1S/C20H20N4O6S/c1-11(25)16-14-9-15(31-20-21-7-8-22(20)2)17(23(14)18(16)26)19(27)30-10-12-3-5-13(6-4-12)24(28)29/h3-8,11,14,16,25H,9-10H2,1-2H3/t11-,14+,16-/m0/s1. The number of hydrogen-bond acceptors (Lipinski definition) is 8. The molecule has 2 aromatic rings. The molecule has 1 N–H and O–H groups in total. The second kappa shape index (κ2) is 8.16. The molecule has 2 aliphatic heterocycles. The zero-order valence-corrected chi connectivity index (χ0v) is 17.6. The number of esters is 1. The number of nitro benzene ring substituents is 1. The fraction of sp³-hybridized carbons (Fsp3) is 0.350. The van der Waals surface area contributed by atoms with E-state index in [0.717, 1.165) is 0 Å². The van der Waals surface area contributed by atoms with Crippen molar-refractivity contribution in [2.45, 2.75) is 37.3 Å². The fourth-order valence-corrected chi connectivity index (χ4v) is 4.88. The van der Waals surface area contributed by atoms with Crippen LogP contribution < -0.4 is 0 Å². The highest BCUT2D eigenvalue weighted by molar-refractivity contribution is 8.03. The van der Waals surface area contributed by atoms with Crippen LogP contribution in [-0.2, 0) is 28.0 Å². The van der Waals surface area contributed by atoms with Crippen molar-refractivity contribution in [2.75, 3.05) is 0 Å². The number of carbonyl (C=O) groups excluding carboxylic acids is 2. The SMILES string of the molecule is C[C@H](O)[C@@H]1C(=O)N2C(C(=O)OCc3ccc([N+](=O)[O-])cc3)=C(Sc3nccn3C)C[C@H]12. The van der Waals surface area contributed by atoms with Gasteiger partial charge in [-0.05, 0) is 24.6 Å². The zero-order chi connectivity index (χ0) is 22.3. The molecule has 1 aromatic carbocycles. The predicted molar refractivity (Wildman–Crippen MR) is 109 cm³/mol. The van der Waals surface area contributed by atoms with Crippen LogP contribution in [0.25, 0.3) is 0 Å². The molecule has 0 radical (unpaired) electrons. The third kappa shape index (κ3) is 3.81.